The van der Waals surface area contributed by atoms with E-state index < -0.39 is 89.4 Å². The largest absolute Gasteiger partial charge is 0.480 e. The fourth-order valence-corrected chi connectivity index (χ4v) is 9.44. The number of amides is 7. The molecular weight excluding hydrogens is 939 g/mol. The van der Waals surface area contributed by atoms with Crippen molar-refractivity contribution in [3.05, 3.63) is 71.9 Å². The Morgan fingerprint density at radius 2 is 1.38 bits per heavy atom. The molecule has 1 aliphatic heterocycles. The van der Waals surface area contributed by atoms with Crippen LogP contribution in [0.1, 0.15) is 116 Å². The zero-order valence-corrected chi connectivity index (χ0v) is 42.5. The number of hydrogen-bond donors (Lipinski definition) is 10. The maximum Gasteiger partial charge on any atom is 0.407 e. The number of benzene rings is 2. The van der Waals surface area contributed by atoms with Crippen LogP contribution in [0.4, 0.5) is 4.79 Å². The minimum absolute atomic E-state index is 0.000340. The molecule has 0 bridgehead atoms. The molecule has 12 N–H and O–H groups in total. The van der Waals surface area contributed by atoms with Crippen LogP contribution in [-0.4, -0.2) is 130 Å². The number of nitrogens with one attached hydrogen (secondary N) is 7. The van der Waals surface area contributed by atoms with E-state index in [1.54, 1.807) is 27.0 Å². The van der Waals surface area contributed by atoms with Gasteiger partial charge in [0.2, 0.25) is 35.4 Å². The number of fused-ring (bicyclic) bond motifs is 1. The van der Waals surface area contributed by atoms with Gasteiger partial charge in [-0.2, -0.15) is 0 Å². The third-order valence-electron chi connectivity index (χ3n) is 13.0. The Morgan fingerprint density at radius 3 is 2.05 bits per heavy atom. The molecule has 21 nitrogen and oxygen atoms in total. The molecule has 2 heterocycles. The molecular formula is C52H75N11O10. The zero-order chi connectivity index (χ0) is 53.1. The number of aromatic nitrogens is 1. The summed E-state index contributed by atoms with van der Waals surface area (Å²) in [6.45, 7) is 6.89. The second kappa shape index (κ2) is 27.6. The third kappa shape index (κ3) is 18.4. The first-order chi connectivity index (χ1) is 34.8. The number of carbonyl (C=O) groups excluding carboxylic acids is 7. The van der Waals surface area contributed by atoms with Gasteiger partial charge in [0, 0.05) is 56.5 Å². The van der Waals surface area contributed by atoms with E-state index >= 15 is 0 Å². The van der Waals surface area contributed by atoms with Crippen LogP contribution in [0.5, 0.6) is 0 Å². The lowest BCUT2D eigenvalue weighted by molar-refractivity contribution is -0.143. The lowest BCUT2D eigenvalue weighted by Gasteiger charge is -2.32. The average molecular weight is 1010 g/mol. The summed E-state index contributed by atoms with van der Waals surface area (Å²) in [5.74, 6) is -4.99. The molecule has 0 radical (unpaired) electrons. The van der Waals surface area contributed by atoms with Crippen molar-refractivity contribution in [2.75, 3.05) is 19.6 Å². The highest BCUT2D eigenvalue weighted by molar-refractivity contribution is 5.97. The van der Waals surface area contributed by atoms with Crippen molar-refractivity contribution < 1.29 is 48.2 Å². The maximum absolute atomic E-state index is 14.7. The highest BCUT2D eigenvalue weighted by Gasteiger charge is 2.40. The van der Waals surface area contributed by atoms with E-state index in [-0.39, 0.29) is 82.9 Å². The van der Waals surface area contributed by atoms with Crippen LogP contribution in [0.2, 0.25) is 0 Å². The second-order valence-electron chi connectivity index (χ2n) is 20.0. The van der Waals surface area contributed by atoms with Gasteiger partial charge in [-0.25, -0.2) is 9.59 Å². The zero-order valence-electron chi connectivity index (χ0n) is 42.5. The highest BCUT2D eigenvalue weighted by atomic mass is 16.6. The number of aliphatic carboxylic acids is 1. The molecule has 1 aliphatic carbocycles. The van der Waals surface area contributed by atoms with Crippen molar-refractivity contribution in [1.82, 2.24) is 41.8 Å². The number of nitrogens with zero attached hydrogens (tertiary/aromatic N) is 2. The van der Waals surface area contributed by atoms with Gasteiger partial charge in [-0.1, -0.05) is 80.6 Å². The quantitative estimate of drug-likeness (QED) is 0.0333. The first kappa shape index (κ1) is 56.7. The van der Waals surface area contributed by atoms with Crippen molar-refractivity contribution in [3.63, 3.8) is 0 Å². The molecule has 1 saturated carbocycles. The van der Waals surface area contributed by atoms with E-state index in [1.807, 2.05) is 54.6 Å². The number of carboxylic acids is 1. The summed E-state index contributed by atoms with van der Waals surface area (Å²) in [4.78, 5) is 118. The van der Waals surface area contributed by atoms with Gasteiger partial charge in [-0.05, 0) is 88.8 Å². The summed E-state index contributed by atoms with van der Waals surface area (Å²) in [6.07, 6.45) is 7.22. The van der Waals surface area contributed by atoms with Gasteiger partial charge in [0.25, 0.3) is 0 Å². The number of likely N-dealkylation sites (tertiary alicyclic amines) is 1. The lowest BCUT2D eigenvalue weighted by Crippen LogP contribution is -2.59. The van der Waals surface area contributed by atoms with E-state index in [1.165, 1.54) is 11.8 Å². The van der Waals surface area contributed by atoms with Crippen LogP contribution in [0.3, 0.4) is 0 Å². The number of para-hydroxylation sites is 1. The lowest BCUT2D eigenvalue weighted by atomic mass is 9.84. The number of guanidine groups is 1. The Bertz CT molecular complexity index is 2390. The van der Waals surface area contributed by atoms with Crippen LogP contribution in [0.25, 0.3) is 10.9 Å². The van der Waals surface area contributed by atoms with Gasteiger partial charge in [0.15, 0.2) is 5.96 Å². The third-order valence-corrected chi connectivity index (χ3v) is 13.0. The fraction of sp³-hybridized carbons (Fsp3) is 0.558. The van der Waals surface area contributed by atoms with Gasteiger partial charge in [0.1, 0.15) is 41.9 Å². The van der Waals surface area contributed by atoms with Crippen molar-refractivity contribution in [1.29, 1.82) is 0 Å². The molecule has 3 aromatic rings. The minimum atomic E-state index is -1.33. The van der Waals surface area contributed by atoms with Crippen molar-refractivity contribution in [2.45, 2.75) is 159 Å². The SMILES string of the molecule is CC(=O)N[C@@H](Cc1ccccc1)C(=O)N[C@@H](CCCNC(=O)OC(C)(C)C)C(=O)N1CCC[C@H]1C(=O)N[C@H](CC1CCCCC1)C(=O)N[C@@H](Cc1c[nH]c2ccccc12)C(=O)N[C@@H](CCCN=C(N)N)C(=O)O. The predicted molar refractivity (Wildman–Crippen MR) is 274 cm³/mol. The Morgan fingerprint density at radius 1 is 0.753 bits per heavy atom. The van der Waals surface area contributed by atoms with Crippen molar-refractivity contribution in [2.24, 2.45) is 22.4 Å². The Balaban J connectivity index is 1.38. The predicted octanol–water partition coefficient (Wildman–Crippen LogP) is 2.80. The van der Waals surface area contributed by atoms with Crippen LogP contribution in [0, 0.1) is 5.92 Å². The topological polar surface area (TPSA) is 322 Å². The van der Waals surface area contributed by atoms with Crippen LogP contribution < -0.4 is 43.4 Å². The normalized spacial score (nSPS) is 16.9. The van der Waals surface area contributed by atoms with Crippen LogP contribution in [-0.2, 0) is 51.1 Å². The monoisotopic (exact) mass is 1010 g/mol. The Hall–Kier alpha value is -7.19. The number of rotatable bonds is 25. The number of ether oxygens (including phenoxy) is 1. The van der Waals surface area contributed by atoms with Crippen molar-refractivity contribution in [3.8, 4) is 0 Å². The number of alkyl carbamates (subject to hydrolysis) is 1. The molecule has 2 aliphatic rings. The first-order valence-corrected chi connectivity index (χ1v) is 25.4. The number of H-pyrrole nitrogens is 1. The highest BCUT2D eigenvalue weighted by Crippen LogP contribution is 2.28. The van der Waals surface area contributed by atoms with E-state index in [9.17, 15) is 43.5 Å². The molecule has 5 rings (SSSR count). The van der Waals surface area contributed by atoms with E-state index in [0.717, 1.165) is 48.6 Å². The average Bonchev–Trinajstić information content (AvgIpc) is 4.00. The number of nitrogens with two attached hydrogens (primary N) is 2. The summed E-state index contributed by atoms with van der Waals surface area (Å²) < 4.78 is 5.36. The van der Waals surface area contributed by atoms with E-state index in [4.69, 9.17) is 16.2 Å². The Labute approximate surface area is 426 Å². The van der Waals surface area contributed by atoms with Gasteiger partial charge in [-0.3, -0.25) is 33.8 Å². The second-order valence-corrected chi connectivity index (χ2v) is 20.0. The van der Waals surface area contributed by atoms with Gasteiger partial charge in [0.05, 0.1) is 0 Å². The minimum Gasteiger partial charge on any atom is -0.480 e. The fourth-order valence-electron chi connectivity index (χ4n) is 9.44. The standard InChI is InChI=1S/C52H75N11O10/c1-32(64)58-40(28-33-16-7-5-8-17-33)44(65)59-38(22-13-26-56-51(72)73-52(2,3)4)48(69)63-27-15-24-43(63)47(68)62-41(29-34-18-9-6-10-19-34)45(66)61-42(30-35-31-57-37-21-12-11-20-36(35)37)46(67)60-39(49(70)71)23-14-25-55-50(53)54/h5,7-8,11-12,16-17,20-21,31,34,38-43,57H,6,9-10,13-15,18-19,22-30H2,1-4H3,(H,56,72)(H,58,64)(H,59,65)(H,60,67)(H,61,66)(H,62,68)(H,70,71)(H4,53,54,55)/t38-,39-,40-,41+,42-,43-/m0/s1. The molecule has 7 amide bonds. The maximum atomic E-state index is 14.7. The summed E-state index contributed by atoms with van der Waals surface area (Å²) in [7, 11) is 0. The van der Waals surface area contributed by atoms with Gasteiger partial charge >= 0.3 is 12.1 Å². The Kier molecular flexibility index (Phi) is 21.4. The molecule has 0 spiro atoms. The molecule has 2 aromatic carbocycles. The van der Waals surface area contributed by atoms with Crippen LogP contribution >= 0.6 is 0 Å². The smallest absolute Gasteiger partial charge is 0.407 e. The number of carbonyl (C=O) groups is 8. The van der Waals surface area contributed by atoms with Crippen molar-refractivity contribution >= 4 is 64.4 Å². The van der Waals surface area contributed by atoms with Gasteiger partial charge in [-0.15, -0.1) is 0 Å². The summed E-state index contributed by atoms with van der Waals surface area (Å²) in [6, 6.07) is 9.48. The molecule has 0 unspecified atom stereocenters. The molecule has 398 valence electrons. The number of hydrogen-bond acceptors (Lipinski definition) is 10. The number of aromatic amines is 1. The molecule has 6 atom stereocenters. The number of aliphatic imine (C=N–C) groups is 1. The summed E-state index contributed by atoms with van der Waals surface area (Å²) in [5.41, 5.74) is 12.4. The van der Waals surface area contributed by atoms with Crippen LogP contribution in [0.15, 0.2) is 65.8 Å². The molecule has 73 heavy (non-hydrogen) atoms. The van der Waals surface area contributed by atoms with E-state index in [2.05, 4.69) is 41.9 Å². The summed E-state index contributed by atoms with van der Waals surface area (Å²) in [5, 5.41) is 27.5. The van der Waals surface area contributed by atoms with E-state index in [0.29, 0.717) is 12.0 Å². The first-order valence-electron chi connectivity index (χ1n) is 25.4. The van der Waals surface area contributed by atoms with Gasteiger partial charge < -0.3 is 63.1 Å². The summed E-state index contributed by atoms with van der Waals surface area (Å²) >= 11 is 0. The molecule has 1 saturated heterocycles. The molecule has 21 heteroatoms. The number of carboxylic acid groups (broad SMARTS) is 1. The molecule has 1 aromatic heterocycles. The molecule has 2 fully saturated rings.